The van der Waals surface area contributed by atoms with Gasteiger partial charge in [-0.25, -0.2) is 0 Å². The Balaban J connectivity index is 2.35. The van der Waals surface area contributed by atoms with E-state index in [2.05, 4.69) is 12.1 Å². The zero-order valence-electron chi connectivity index (χ0n) is 8.55. The van der Waals surface area contributed by atoms with Crippen molar-refractivity contribution in [3.63, 3.8) is 0 Å². The van der Waals surface area contributed by atoms with Gasteiger partial charge >= 0.3 is 0 Å². The molecule has 2 heteroatoms. The second-order valence-corrected chi connectivity index (χ2v) is 4.16. The second-order valence-electron chi connectivity index (χ2n) is 4.16. The van der Waals surface area contributed by atoms with E-state index in [4.69, 9.17) is 11.5 Å². The number of hydrogen-bond acceptors (Lipinski definition) is 2. The van der Waals surface area contributed by atoms with Crippen molar-refractivity contribution in [3.8, 4) is 0 Å². The van der Waals surface area contributed by atoms with Crippen LogP contribution in [0.1, 0.15) is 36.8 Å². The van der Waals surface area contributed by atoms with Gasteiger partial charge in [-0.2, -0.15) is 0 Å². The maximum Gasteiger partial charge on any atom is 0.0550 e. The quantitative estimate of drug-likeness (QED) is 0.617. The molecule has 0 saturated heterocycles. The van der Waals surface area contributed by atoms with Crippen LogP contribution in [0.2, 0.25) is 0 Å². The van der Waals surface area contributed by atoms with Crippen LogP contribution in [-0.2, 0) is 12.8 Å². The van der Waals surface area contributed by atoms with Gasteiger partial charge in [-0.15, -0.1) is 0 Å². The number of anilines is 2. The summed E-state index contributed by atoms with van der Waals surface area (Å²) in [6.07, 6.45) is 7.61. The molecule has 0 saturated carbocycles. The number of aryl methyl sites for hydroxylation is 2. The Bertz CT molecular complexity index is 298. The minimum atomic E-state index is 0.740. The van der Waals surface area contributed by atoms with Gasteiger partial charge in [0.15, 0.2) is 0 Å². The molecule has 0 unspecified atom stereocenters. The summed E-state index contributed by atoms with van der Waals surface area (Å²) in [6, 6.07) is 4.13. The maximum atomic E-state index is 5.81. The van der Waals surface area contributed by atoms with Gasteiger partial charge in [-0.05, 0) is 48.9 Å². The van der Waals surface area contributed by atoms with E-state index in [9.17, 15) is 0 Å². The zero-order chi connectivity index (χ0) is 9.97. The third-order valence-corrected chi connectivity index (χ3v) is 3.05. The van der Waals surface area contributed by atoms with Crippen LogP contribution in [-0.4, -0.2) is 0 Å². The first-order chi connectivity index (χ1) is 6.77. The molecule has 0 fully saturated rings. The molecule has 2 nitrogen and oxygen atoms in total. The summed E-state index contributed by atoms with van der Waals surface area (Å²) in [5.74, 6) is 0. The van der Waals surface area contributed by atoms with E-state index in [1.54, 1.807) is 0 Å². The van der Waals surface area contributed by atoms with Gasteiger partial charge in [0, 0.05) is 0 Å². The average Bonchev–Trinajstić information content (AvgIpc) is 2.13. The molecule has 0 atom stereocenters. The summed E-state index contributed by atoms with van der Waals surface area (Å²) in [4.78, 5) is 0. The van der Waals surface area contributed by atoms with Crippen molar-refractivity contribution in [2.75, 3.05) is 11.5 Å². The third kappa shape index (κ3) is 1.84. The van der Waals surface area contributed by atoms with E-state index in [0.29, 0.717) is 0 Å². The highest BCUT2D eigenvalue weighted by Gasteiger charge is 2.08. The van der Waals surface area contributed by atoms with Gasteiger partial charge in [0.05, 0.1) is 11.4 Å². The van der Waals surface area contributed by atoms with Crippen molar-refractivity contribution in [2.24, 2.45) is 0 Å². The smallest absolute Gasteiger partial charge is 0.0550 e. The first kappa shape index (κ1) is 9.38. The Morgan fingerprint density at radius 1 is 0.714 bits per heavy atom. The van der Waals surface area contributed by atoms with Gasteiger partial charge in [-0.1, -0.05) is 12.8 Å². The number of rotatable bonds is 0. The number of nitrogens with two attached hydrogens (primary N) is 2. The van der Waals surface area contributed by atoms with Crippen LogP contribution in [0.25, 0.3) is 0 Å². The molecule has 0 heterocycles. The lowest BCUT2D eigenvalue weighted by atomic mass is 9.92. The van der Waals surface area contributed by atoms with Crippen molar-refractivity contribution in [2.45, 2.75) is 38.5 Å². The second kappa shape index (κ2) is 3.91. The minimum Gasteiger partial charge on any atom is -0.397 e. The number of fused-ring (bicyclic) bond motifs is 1. The van der Waals surface area contributed by atoms with E-state index in [-0.39, 0.29) is 0 Å². The first-order valence-corrected chi connectivity index (χ1v) is 5.44. The van der Waals surface area contributed by atoms with Gasteiger partial charge < -0.3 is 11.5 Å². The van der Waals surface area contributed by atoms with Gasteiger partial charge in [0.1, 0.15) is 0 Å². The largest absolute Gasteiger partial charge is 0.397 e. The fourth-order valence-corrected chi connectivity index (χ4v) is 2.18. The van der Waals surface area contributed by atoms with Crippen LogP contribution in [0.15, 0.2) is 12.1 Å². The van der Waals surface area contributed by atoms with Gasteiger partial charge in [0.25, 0.3) is 0 Å². The predicted molar refractivity (Wildman–Crippen MR) is 61.1 cm³/mol. The molecule has 2 rings (SSSR count). The molecule has 0 bridgehead atoms. The van der Waals surface area contributed by atoms with Crippen molar-refractivity contribution >= 4 is 11.4 Å². The first-order valence-electron chi connectivity index (χ1n) is 5.44. The SMILES string of the molecule is Nc1cc2c(cc1N)CCCCCC2. The Hall–Kier alpha value is -1.18. The van der Waals surface area contributed by atoms with E-state index in [1.807, 2.05) is 0 Å². The lowest BCUT2D eigenvalue weighted by molar-refractivity contribution is 0.617. The lowest BCUT2D eigenvalue weighted by Crippen LogP contribution is -2.03. The summed E-state index contributed by atoms with van der Waals surface area (Å²) in [5, 5.41) is 0. The van der Waals surface area contributed by atoms with E-state index in [1.165, 1.54) is 49.7 Å². The van der Waals surface area contributed by atoms with E-state index >= 15 is 0 Å². The third-order valence-electron chi connectivity index (χ3n) is 3.05. The highest BCUT2D eigenvalue weighted by atomic mass is 14.7. The Kier molecular flexibility index (Phi) is 2.62. The van der Waals surface area contributed by atoms with Crippen LogP contribution >= 0.6 is 0 Å². The maximum absolute atomic E-state index is 5.81. The van der Waals surface area contributed by atoms with Crippen LogP contribution in [0, 0.1) is 0 Å². The van der Waals surface area contributed by atoms with Crippen LogP contribution in [0.3, 0.4) is 0 Å². The van der Waals surface area contributed by atoms with Crippen molar-refractivity contribution in [3.05, 3.63) is 23.3 Å². The van der Waals surface area contributed by atoms with E-state index < -0.39 is 0 Å². The summed E-state index contributed by atoms with van der Waals surface area (Å²) >= 11 is 0. The van der Waals surface area contributed by atoms with Gasteiger partial charge in [-0.3, -0.25) is 0 Å². The molecule has 1 aromatic rings. The molecule has 0 radical (unpaired) electrons. The molecule has 0 aromatic heterocycles. The molecular weight excluding hydrogens is 172 g/mol. The fraction of sp³-hybridized carbons (Fsp3) is 0.500. The molecule has 1 aliphatic rings. The molecule has 14 heavy (non-hydrogen) atoms. The molecule has 76 valence electrons. The Labute approximate surface area is 85.3 Å². The lowest BCUT2D eigenvalue weighted by Gasteiger charge is -2.15. The molecule has 0 spiro atoms. The summed E-state index contributed by atoms with van der Waals surface area (Å²) in [5.41, 5.74) is 15.9. The van der Waals surface area contributed by atoms with Crippen molar-refractivity contribution < 1.29 is 0 Å². The molecule has 0 amide bonds. The van der Waals surface area contributed by atoms with Crippen molar-refractivity contribution in [1.82, 2.24) is 0 Å². The van der Waals surface area contributed by atoms with E-state index in [0.717, 1.165) is 11.4 Å². The van der Waals surface area contributed by atoms with Crippen LogP contribution < -0.4 is 11.5 Å². The minimum absolute atomic E-state index is 0.740. The zero-order valence-corrected chi connectivity index (χ0v) is 8.55. The Morgan fingerprint density at radius 2 is 1.14 bits per heavy atom. The van der Waals surface area contributed by atoms with Gasteiger partial charge in [0.2, 0.25) is 0 Å². The predicted octanol–water partition coefficient (Wildman–Crippen LogP) is 2.51. The molecule has 0 aliphatic heterocycles. The highest BCUT2D eigenvalue weighted by molar-refractivity contribution is 5.66. The normalized spacial score (nSPS) is 16.9. The number of hydrogen-bond donors (Lipinski definition) is 2. The summed E-state index contributed by atoms with van der Waals surface area (Å²) in [6.45, 7) is 0. The average molecular weight is 190 g/mol. The van der Waals surface area contributed by atoms with Crippen LogP contribution in [0.5, 0.6) is 0 Å². The topological polar surface area (TPSA) is 52.0 Å². The summed E-state index contributed by atoms with van der Waals surface area (Å²) < 4.78 is 0. The summed E-state index contributed by atoms with van der Waals surface area (Å²) in [7, 11) is 0. The highest BCUT2D eigenvalue weighted by Crippen LogP contribution is 2.26. The number of benzene rings is 1. The Morgan fingerprint density at radius 3 is 1.57 bits per heavy atom. The fourth-order valence-electron chi connectivity index (χ4n) is 2.18. The van der Waals surface area contributed by atoms with Crippen LogP contribution in [0.4, 0.5) is 11.4 Å². The number of nitrogen functional groups attached to an aromatic ring is 2. The molecule has 1 aliphatic carbocycles. The standard InChI is InChI=1S/C12H18N2/c13-11-7-9-5-3-1-2-4-6-10(9)8-12(11)14/h7-8H,1-6,13-14H2. The molecule has 1 aromatic carbocycles. The molecule has 4 N–H and O–H groups in total. The molecular formula is C12H18N2. The monoisotopic (exact) mass is 190 g/mol. The van der Waals surface area contributed by atoms with Crippen molar-refractivity contribution in [1.29, 1.82) is 0 Å².